The molecule has 1 amide bonds. The Labute approximate surface area is 134 Å². The molecule has 4 nitrogen and oxygen atoms in total. The lowest BCUT2D eigenvalue weighted by Gasteiger charge is -2.39. The van der Waals surface area contributed by atoms with Crippen molar-refractivity contribution in [3.63, 3.8) is 0 Å². The van der Waals surface area contributed by atoms with E-state index in [4.69, 9.17) is 11.6 Å². The van der Waals surface area contributed by atoms with E-state index < -0.39 is 5.54 Å². The monoisotopic (exact) mass is 323 g/mol. The molecule has 0 aromatic carbocycles. The second-order valence-corrected chi connectivity index (χ2v) is 6.61. The van der Waals surface area contributed by atoms with Crippen LogP contribution in [0.4, 0.5) is 0 Å². The van der Waals surface area contributed by atoms with E-state index >= 15 is 0 Å². The molecule has 1 aromatic heterocycles. The molecule has 1 aromatic rings. The van der Waals surface area contributed by atoms with E-state index in [9.17, 15) is 10.1 Å². The summed E-state index contributed by atoms with van der Waals surface area (Å²) < 4.78 is 0. The van der Waals surface area contributed by atoms with Gasteiger partial charge < -0.3 is 4.90 Å². The van der Waals surface area contributed by atoms with Crippen molar-refractivity contribution in [1.29, 1.82) is 5.26 Å². The Kier molecular flexibility index (Phi) is 5.49. The average molecular weight is 324 g/mol. The van der Waals surface area contributed by atoms with Crippen molar-refractivity contribution in [3.8, 4) is 6.07 Å². The molecule has 1 saturated carbocycles. The fourth-order valence-corrected chi connectivity index (χ4v) is 3.68. The predicted molar refractivity (Wildman–Crippen MR) is 84.2 cm³/mol. The molecular weight excluding hydrogens is 306 g/mol. The fourth-order valence-electron chi connectivity index (χ4n) is 2.60. The molecular formula is C15H18ClN3OS. The van der Waals surface area contributed by atoms with Crippen LogP contribution < -0.4 is 0 Å². The molecule has 0 unspecified atom stereocenters. The first kappa shape index (κ1) is 16.1. The van der Waals surface area contributed by atoms with Gasteiger partial charge in [0.1, 0.15) is 10.6 Å². The molecule has 21 heavy (non-hydrogen) atoms. The quantitative estimate of drug-likeness (QED) is 0.796. The molecule has 0 saturated heterocycles. The molecule has 1 heterocycles. The van der Waals surface area contributed by atoms with Gasteiger partial charge in [-0.1, -0.05) is 42.6 Å². The fraction of sp³-hybridized carbons (Fsp3) is 0.533. The van der Waals surface area contributed by atoms with Crippen LogP contribution in [0.25, 0.3) is 0 Å². The third-order valence-electron chi connectivity index (χ3n) is 3.96. The lowest BCUT2D eigenvalue weighted by atomic mass is 9.81. The smallest absolute Gasteiger partial charge is 0.234 e. The van der Waals surface area contributed by atoms with Crippen molar-refractivity contribution in [2.24, 2.45) is 0 Å². The highest BCUT2D eigenvalue weighted by Crippen LogP contribution is 2.33. The molecule has 1 fully saturated rings. The van der Waals surface area contributed by atoms with Crippen LogP contribution in [-0.2, 0) is 4.79 Å². The predicted octanol–water partition coefficient (Wildman–Crippen LogP) is 3.51. The number of nitriles is 1. The first-order chi connectivity index (χ1) is 10.1. The van der Waals surface area contributed by atoms with E-state index in [-0.39, 0.29) is 11.7 Å². The van der Waals surface area contributed by atoms with Gasteiger partial charge in [0, 0.05) is 13.2 Å². The van der Waals surface area contributed by atoms with Gasteiger partial charge in [-0.15, -0.1) is 0 Å². The van der Waals surface area contributed by atoms with E-state index in [1.54, 1.807) is 30.3 Å². The maximum absolute atomic E-state index is 12.4. The standard InChI is InChI=1S/C15H18ClN3OS/c1-19(15(11-17)7-3-2-4-8-15)13(20)10-21-14-12(16)6-5-9-18-14/h5-6,9H,2-4,7-8,10H2,1H3. The van der Waals surface area contributed by atoms with Gasteiger partial charge in [-0.05, 0) is 25.0 Å². The number of carbonyl (C=O) groups excluding carboxylic acids is 1. The Morgan fingerprint density at radius 2 is 2.24 bits per heavy atom. The topological polar surface area (TPSA) is 57.0 Å². The molecule has 0 atom stereocenters. The highest BCUT2D eigenvalue weighted by Gasteiger charge is 2.38. The molecule has 112 valence electrons. The average Bonchev–Trinajstić information content (AvgIpc) is 2.53. The van der Waals surface area contributed by atoms with E-state index in [0.717, 1.165) is 32.1 Å². The van der Waals surface area contributed by atoms with Crippen LogP contribution >= 0.6 is 23.4 Å². The molecule has 0 spiro atoms. The van der Waals surface area contributed by atoms with E-state index in [0.29, 0.717) is 10.0 Å². The summed E-state index contributed by atoms with van der Waals surface area (Å²) in [6.07, 6.45) is 6.33. The van der Waals surface area contributed by atoms with Crippen LogP contribution in [-0.4, -0.2) is 34.1 Å². The van der Waals surface area contributed by atoms with Gasteiger partial charge in [0.25, 0.3) is 0 Å². The minimum absolute atomic E-state index is 0.0508. The Morgan fingerprint density at radius 3 is 2.86 bits per heavy atom. The van der Waals surface area contributed by atoms with Gasteiger partial charge in [-0.2, -0.15) is 5.26 Å². The van der Waals surface area contributed by atoms with E-state index in [1.807, 2.05) is 0 Å². The van der Waals surface area contributed by atoms with Crippen molar-refractivity contribution in [2.45, 2.75) is 42.7 Å². The Morgan fingerprint density at radius 1 is 1.52 bits per heavy atom. The largest absolute Gasteiger partial charge is 0.326 e. The van der Waals surface area contributed by atoms with Gasteiger partial charge in [-0.25, -0.2) is 4.98 Å². The van der Waals surface area contributed by atoms with Gasteiger partial charge in [0.05, 0.1) is 16.8 Å². The maximum Gasteiger partial charge on any atom is 0.234 e. The Bertz CT molecular complexity index is 552. The second kappa shape index (κ2) is 7.15. The summed E-state index contributed by atoms with van der Waals surface area (Å²) in [6, 6.07) is 5.87. The summed E-state index contributed by atoms with van der Waals surface area (Å²) >= 11 is 7.34. The summed E-state index contributed by atoms with van der Waals surface area (Å²) in [5, 5.41) is 10.7. The number of carbonyl (C=O) groups is 1. The SMILES string of the molecule is CN(C(=O)CSc1ncccc1Cl)C1(C#N)CCCCC1. The molecule has 1 aliphatic carbocycles. The number of halogens is 1. The van der Waals surface area contributed by atoms with Crippen molar-refractivity contribution >= 4 is 29.3 Å². The number of amides is 1. The number of pyridine rings is 1. The Balaban J connectivity index is 1.99. The highest BCUT2D eigenvalue weighted by atomic mass is 35.5. The van der Waals surface area contributed by atoms with Crippen LogP contribution in [0.3, 0.4) is 0 Å². The number of hydrogen-bond donors (Lipinski definition) is 0. The molecule has 0 aliphatic heterocycles. The number of aromatic nitrogens is 1. The zero-order valence-corrected chi connectivity index (χ0v) is 13.6. The first-order valence-electron chi connectivity index (χ1n) is 7.00. The number of thioether (sulfide) groups is 1. The third kappa shape index (κ3) is 3.69. The van der Waals surface area contributed by atoms with Crippen molar-refractivity contribution in [1.82, 2.24) is 9.88 Å². The van der Waals surface area contributed by atoms with Crippen LogP contribution in [0.2, 0.25) is 5.02 Å². The zero-order valence-electron chi connectivity index (χ0n) is 12.0. The van der Waals surface area contributed by atoms with Crippen molar-refractivity contribution in [3.05, 3.63) is 23.4 Å². The molecule has 0 radical (unpaired) electrons. The molecule has 6 heteroatoms. The van der Waals surface area contributed by atoms with Crippen LogP contribution in [0.5, 0.6) is 0 Å². The minimum atomic E-state index is -0.635. The second-order valence-electron chi connectivity index (χ2n) is 5.24. The van der Waals surface area contributed by atoms with Crippen LogP contribution in [0, 0.1) is 11.3 Å². The highest BCUT2D eigenvalue weighted by molar-refractivity contribution is 8.00. The van der Waals surface area contributed by atoms with Crippen LogP contribution in [0.1, 0.15) is 32.1 Å². The normalized spacial score (nSPS) is 17.0. The number of hydrogen-bond acceptors (Lipinski definition) is 4. The van der Waals surface area contributed by atoms with Crippen molar-refractivity contribution < 1.29 is 4.79 Å². The van der Waals surface area contributed by atoms with Gasteiger partial charge in [0.15, 0.2) is 0 Å². The maximum atomic E-state index is 12.4. The van der Waals surface area contributed by atoms with Gasteiger partial charge >= 0.3 is 0 Å². The van der Waals surface area contributed by atoms with E-state index in [1.165, 1.54) is 11.8 Å². The van der Waals surface area contributed by atoms with E-state index in [2.05, 4.69) is 11.1 Å². The third-order valence-corrected chi connectivity index (χ3v) is 5.37. The first-order valence-corrected chi connectivity index (χ1v) is 8.37. The summed E-state index contributed by atoms with van der Waals surface area (Å²) in [6.45, 7) is 0. The number of rotatable bonds is 4. The zero-order chi connectivity index (χ0) is 15.3. The number of nitrogens with zero attached hydrogens (tertiary/aromatic N) is 3. The Hall–Kier alpha value is -1.25. The van der Waals surface area contributed by atoms with Crippen molar-refractivity contribution in [2.75, 3.05) is 12.8 Å². The minimum Gasteiger partial charge on any atom is -0.326 e. The van der Waals surface area contributed by atoms with Gasteiger partial charge in [0.2, 0.25) is 5.91 Å². The molecule has 0 N–H and O–H groups in total. The molecule has 1 aliphatic rings. The summed E-state index contributed by atoms with van der Waals surface area (Å²) in [4.78, 5) is 18.2. The summed E-state index contributed by atoms with van der Waals surface area (Å²) in [5.41, 5.74) is -0.635. The van der Waals surface area contributed by atoms with Gasteiger partial charge in [-0.3, -0.25) is 4.79 Å². The molecule has 2 rings (SSSR count). The lowest BCUT2D eigenvalue weighted by molar-refractivity contribution is -0.131. The summed E-state index contributed by atoms with van der Waals surface area (Å²) in [5.74, 6) is 0.196. The summed E-state index contributed by atoms with van der Waals surface area (Å²) in [7, 11) is 1.73. The van der Waals surface area contributed by atoms with Crippen LogP contribution in [0.15, 0.2) is 23.4 Å². The lowest BCUT2D eigenvalue weighted by Crippen LogP contribution is -2.50. The molecule has 0 bridgehead atoms.